The maximum absolute atomic E-state index is 15.5. The summed E-state index contributed by atoms with van der Waals surface area (Å²) >= 11 is 0. The highest BCUT2D eigenvalue weighted by atomic mass is 32.2. The van der Waals surface area contributed by atoms with Crippen LogP contribution in [0.25, 0.3) is 22.3 Å². The number of aliphatic carboxylic acids is 2. The second kappa shape index (κ2) is 36.9. The lowest BCUT2D eigenvalue weighted by Gasteiger charge is -2.37. The third kappa shape index (κ3) is 19.9. The Morgan fingerprint density at radius 1 is 0.732 bits per heavy atom. The molecule has 12 N–H and O–H groups in total. The molecule has 0 bridgehead atoms. The number of carboxylic acid groups (broad SMARTS) is 2. The number of pyridine rings is 2. The summed E-state index contributed by atoms with van der Waals surface area (Å²) in [4.78, 5) is 165. The Morgan fingerprint density at radius 2 is 1.38 bits per heavy atom. The van der Waals surface area contributed by atoms with E-state index < -0.39 is 142 Å². The highest BCUT2D eigenvalue weighted by Gasteiger charge is 2.52. The number of benzene rings is 4. The van der Waals surface area contributed by atoms with Crippen LogP contribution in [0.3, 0.4) is 0 Å². The zero-order valence-corrected chi connectivity index (χ0v) is 63.3. The molecule has 10 amide bonds. The number of fused-ring (bicyclic) bond motifs is 5. The molecule has 5 heterocycles. The Labute approximate surface area is 642 Å². The smallest absolute Gasteiger partial charge is 0.355 e. The van der Waals surface area contributed by atoms with Crippen LogP contribution in [0.15, 0.2) is 94.6 Å². The quantitative estimate of drug-likeness (QED) is 0.0155. The van der Waals surface area contributed by atoms with E-state index in [9.17, 15) is 76.2 Å². The zero-order valence-electron chi connectivity index (χ0n) is 62.5. The molecule has 0 radical (unpaired) electrons. The molecule has 1 saturated heterocycles. The zero-order chi connectivity index (χ0) is 80.7. The summed E-state index contributed by atoms with van der Waals surface area (Å²) in [6.07, 6.45) is 0.115. The van der Waals surface area contributed by atoms with E-state index in [4.69, 9.17) is 28.7 Å². The fourth-order valence-electron chi connectivity index (χ4n) is 13.9. The van der Waals surface area contributed by atoms with E-state index in [1.165, 1.54) is 90.4 Å². The van der Waals surface area contributed by atoms with Gasteiger partial charge in [0.1, 0.15) is 30.5 Å². The summed E-state index contributed by atoms with van der Waals surface area (Å²) in [7, 11) is -4.20. The number of likely N-dealkylation sites (tertiary alicyclic amines) is 1. The van der Waals surface area contributed by atoms with E-state index in [-0.39, 0.29) is 129 Å². The minimum absolute atomic E-state index is 0.00157. The lowest BCUT2D eigenvalue weighted by molar-refractivity contribution is -0.191. The van der Waals surface area contributed by atoms with Crippen molar-refractivity contribution in [2.45, 2.75) is 153 Å². The molecular formula is C76H90FN13O21S. The van der Waals surface area contributed by atoms with Crippen LogP contribution in [-0.2, 0) is 97.2 Å². The van der Waals surface area contributed by atoms with Crippen molar-refractivity contribution in [3.05, 3.63) is 140 Å². The van der Waals surface area contributed by atoms with Crippen LogP contribution in [0.1, 0.15) is 137 Å². The summed E-state index contributed by atoms with van der Waals surface area (Å²) < 4.78 is 74.5. The topological polar surface area (TPSA) is 467 Å². The fraction of sp³-hybridized carbons (Fsp3) is 0.434. The number of esters is 2. The molecule has 1 fully saturated rings. The second-order valence-corrected chi connectivity index (χ2v) is 29.2. The number of cyclic esters (lactones) is 1. The first kappa shape index (κ1) is 82.9. The number of aryl methyl sites for hydroxylation is 1. The van der Waals surface area contributed by atoms with Gasteiger partial charge in [-0.05, 0) is 134 Å². The van der Waals surface area contributed by atoms with Gasteiger partial charge < -0.3 is 91.2 Å². The van der Waals surface area contributed by atoms with E-state index in [0.29, 0.717) is 71.2 Å². The van der Waals surface area contributed by atoms with Crippen LogP contribution >= 0.6 is 0 Å². The Hall–Kier alpha value is -11.6. The number of urea groups is 3. The van der Waals surface area contributed by atoms with E-state index in [1.54, 1.807) is 33.8 Å². The number of carbonyl (C=O) groups is 11. The van der Waals surface area contributed by atoms with E-state index in [1.807, 2.05) is 6.92 Å². The first-order chi connectivity index (χ1) is 53.5. The van der Waals surface area contributed by atoms with Gasteiger partial charge in [-0.25, -0.2) is 41.8 Å². The van der Waals surface area contributed by atoms with Gasteiger partial charge in [-0.1, -0.05) is 45.9 Å². The summed E-state index contributed by atoms with van der Waals surface area (Å²) in [5.74, 6) is -8.58. The second-order valence-electron chi connectivity index (χ2n) is 27.6. The SMILES string of the molecule is CCCNC(=O)Nc1cccc(S(=O)(=O)Nc2cccc(C(CC(=O)O)NC(=O)Nc3ccc(NC(=O)NCCOCCOCCOCCC(=O)NC(CC(=O)O)C(=O)N4CCCC4C(=O)NC(C(=O)OC4(CC)C(=O)OCc5c4cc4n(c5=O)Cc5c-4nc4cc(F)c(C)c6c4c5C(NC(C)=O)CC6)C(C)C)cc3)c2)c1. The molecule has 0 spiro atoms. The molecule has 1 aliphatic carbocycles. The predicted molar refractivity (Wildman–Crippen MR) is 402 cm³/mol. The first-order valence-electron chi connectivity index (χ1n) is 36.7. The molecule has 112 heavy (non-hydrogen) atoms. The number of amides is 10. The molecule has 36 heteroatoms. The maximum atomic E-state index is 15.5. The van der Waals surface area contributed by atoms with Gasteiger partial charge in [0, 0.05) is 78.3 Å². The number of rotatable bonds is 35. The van der Waals surface area contributed by atoms with Crippen molar-refractivity contribution in [1.82, 2.24) is 46.4 Å². The molecular weight excluding hydrogens is 1480 g/mol. The van der Waals surface area contributed by atoms with Gasteiger partial charge in [0.15, 0.2) is 0 Å². The third-order valence-corrected chi connectivity index (χ3v) is 20.8. The Bertz CT molecular complexity index is 4810. The predicted octanol–water partition coefficient (Wildman–Crippen LogP) is 6.22. The van der Waals surface area contributed by atoms with Gasteiger partial charge in [0.25, 0.3) is 15.6 Å². The Balaban J connectivity index is 0.628. The van der Waals surface area contributed by atoms with Crippen LogP contribution in [0.2, 0.25) is 0 Å². The number of aromatic nitrogens is 2. The molecule has 6 atom stereocenters. The summed E-state index contributed by atoms with van der Waals surface area (Å²) in [6, 6.07) is 12.6. The molecule has 6 aromatic rings. The van der Waals surface area contributed by atoms with Crippen LogP contribution in [-0.4, -0.2) is 176 Å². The van der Waals surface area contributed by atoms with Gasteiger partial charge in [-0.15, -0.1) is 0 Å². The van der Waals surface area contributed by atoms with Crippen LogP contribution in [0.4, 0.5) is 41.5 Å². The number of hydrogen-bond donors (Lipinski definition) is 12. The number of carboxylic acids is 2. The average molecular weight is 1570 g/mol. The van der Waals surface area contributed by atoms with E-state index in [2.05, 4.69) is 52.6 Å². The monoisotopic (exact) mass is 1570 g/mol. The summed E-state index contributed by atoms with van der Waals surface area (Å²) in [6.45, 7) is 10.2. The van der Waals surface area contributed by atoms with Crippen LogP contribution < -0.4 is 58.1 Å². The summed E-state index contributed by atoms with van der Waals surface area (Å²) in [5, 5.41) is 44.1. The first-order valence-corrected chi connectivity index (χ1v) is 38.1. The molecule has 10 rings (SSSR count). The number of nitrogens with one attached hydrogen (secondary N) is 10. The normalized spacial score (nSPS) is 16.8. The fourth-order valence-corrected chi connectivity index (χ4v) is 15.0. The van der Waals surface area contributed by atoms with Crippen LogP contribution in [0, 0.1) is 18.7 Å². The molecule has 598 valence electrons. The van der Waals surface area contributed by atoms with Gasteiger partial charge >= 0.3 is 42.0 Å². The number of nitrogens with zero attached hydrogens (tertiary/aromatic N) is 3. The van der Waals surface area contributed by atoms with Gasteiger partial charge in [-0.2, -0.15) is 0 Å². The van der Waals surface area contributed by atoms with Crippen molar-refractivity contribution in [2.75, 3.05) is 79.9 Å². The highest BCUT2D eigenvalue weighted by Crippen LogP contribution is 2.47. The largest absolute Gasteiger partial charge is 0.481 e. The number of ether oxygens (including phenoxy) is 5. The average Bonchev–Trinajstić information content (AvgIpc) is 1.41. The van der Waals surface area contributed by atoms with Crippen molar-refractivity contribution in [1.29, 1.82) is 0 Å². The Morgan fingerprint density at radius 3 is 2.05 bits per heavy atom. The number of hydrogen-bond acceptors (Lipinski definition) is 20. The van der Waals surface area contributed by atoms with Gasteiger partial charge in [0.05, 0.1) is 98.5 Å². The molecule has 2 aromatic heterocycles. The Kier molecular flexibility index (Phi) is 27.3. The number of carbonyl (C=O) groups excluding carboxylic acids is 9. The lowest BCUT2D eigenvalue weighted by atomic mass is 9.81. The van der Waals surface area contributed by atoms with Crippen molar-refractivity contribution in [2.24, 2.45) is 5.92 Å². The molecule has 34 nitrogen and oxygen atoms in total. The molecule has 6 unspecified atom stereocenters. The minimum atomic E-state index is -4.20. The lowest BCUT2D eigenvalue weighted by Crippen LogP contribution is -2.57. The van der Waals surface area contributed by atoms with E-state index >= 15 is 4.39 Å². The number of sulfonamides is 1. The molecule has 3 aliphatic heterocycles. The van der Waals surface area contributed by atoms with Crippen molar-refractivity contribution >= 4 is 109 Å². The van der Waals surface area contributed by atoms with Crippen molar-refractivity contribution in [3.8, 4) is 11.4 Å². The van der Waals surface area contributed by atoms with Crippen LogP contribution in [0.5, 0.6) is 0 Å². The number of halogens is 1. The van der Waals surface area contributed by atoms with E-state index in [0.717, 1.165) is 10.5 Å². The highest BCUT2D eigenvalue weighted by molar-refractivity contribution is 7.92. The minimum Gasteiger partial charge on any atom is -0.481 e. The van der Waals surface area contributed by atoms with Gasteiger partial charge in [0.2, 0.25) is 29.2 Å². The summed E-state index contributed by atoms with van der Waals surface area (Å²) in [5.41, 5.74) is 1.92. The molecule has 0 saturated carbocycles. The van der Waals surface area contributed by atoms with Crippen molar-refractivity contribution < 1.29 is 99.4 Å². The standard InChI is InChI=1S/C76H90FN13O21S/c1-7-24-78-73(102)83-47-13-10-15-49(34-47)112(105,106)88-48-14-9-12-44(33-48)56(37-62(93)94)86-75(104)82-46-19-17-45(18-20-46)81-74(103)79-25-28-108-30-32-109-31-29-107-27-23-61(92)84-58(38-63(95)96)70(99)89-26-11-16-59(89)68(97)87-66(41(3)4)71(100)111-76(8-2)53-35-60-67-51(39-90(60)69(98)52(53)40-110-72(76)101)65-55(80-43(6)91)22-21-50-42(5)54(77)36-57(85-67)64(50)65/h9-10,12-15,17-20,33-36,41,55-56,58-59,66,88H,7-8,11,16,21-32,37-40H2,1-6H3,(H,80,91)(H,84,92)(H,87,97)(H,93,94)(H,95,96)(H2,78,83,102)(H2,79,81,103)(H2,82,86,104). The van der Waals surface area contributed by atoms with Gasteiger partial charge in [-0.3, -0.25) is 38.3 Å². The third-order valence-electron chi connectivity index (χ3n) is 19.4. The molecule has 4 aliphatic rings. The van der Waals surface area contributed by atoms with Crippen molar-refractivity contribution in [3.63, 3.8) is 0 Å². The molecule has 4 aromatic carbocycles. The maximum Gasteiger partial charge on any atom is 0.355 e. The number of anilines is 4.